The Bertz CT molecular complexity index is 542. The van der Waals surface area contributed by atoms with E-state index in [-0.39, 0.29) is 36.8 Å². The minimum Gasteiger partial charge on any atom is -0.368 e. The normalized spacial score (nSPS) is 39.7. The molecule has 3 saturated heterocycles. The van der Waals surface area contributed by atoms with E-state index in [1.165, 1.54) is 19.3 Å². The Morgan fingerprint density at radius 2 is 1.77 bits per heavy atom. The van der Waals surface area contributed by atoms with Crippen molar-refractivity contribution in [1.29, 1.82) is 0 Å². The van der Waals surface area contributed by atoms with Gasteiger partial charge in [-0.25, -0.2) is 0 Å². The third-order valence-electron chi connectivity index (χ3n) is 7.24. The molecule has 31 heavy (non-hydrogen) atoms. The zero-order valence-electron chi connectivity index (χ0n) is 19.2. The van der Waals surface area contributed by atoms with E-state index in [1.807, 2.05) is 0 Å². The van der Waals surface area contributed by atoms with Gasteiger partial charge in [0.25, 0.3) is 0 Å². The fourth-order valence-corrected chi connectivity index (χ4v) is 5.54. The van der Waals surface area contributed by atoms with Crippen LogP contribution >= 0.6 is 0 Å². The highest BCUT2D eigenvalue weighted by Crippen LogP contribution is 2.45. The Balaban J connectivity index is 1.40. The highest BCUT2D eigenvalue weighted by Gasteiger charge is 2.49. The number of aliphatic hydroxyl groups is 1. The van der Waals surface area contributed by atoms with Gasteiger partial charge in [-0.15, -0.1) is 0 Å². The van der Waals surface area contributed by atoms with E-state index < -0.39 is 6.29 Å². The first-order valence-electron chi connectivity index (χ1n) is 12.8. The molecule has 3 aliphatic heterocycles. The lowest BCUT2D eigenvalue weighted by molar-refractivity contribution is -0.196. The average Bonchev–Trinajstić information content (AvgIpc) is 3.29. The molecule has 0 amide bonds. The second-order valence-electron chi connectivity index (χ2n) is 9.66. The van der Waals surface area contributed by atoms with Crippen LogP contribution in [0, 0.1) is 11.8 Å². The SMILES string of the molecule is CCCCC[C@@H](/C=C/[C@@H]1[C@H]2C[C@H](O)O[C@H]2C[C@H]1OC1CCCCO1)OC1CCCCO1. The Kier molecular flexibility index (Phi) is 9.23. The average molecular weight is 439 g/mol. The first-order chi connectivity index (χ1) is 15.2. The van der Waals surface area contributed by atoms with Crippen LogP contribution in [0.5, 0.6) is 0 Å². The molecule has 1 aliphatic carbocycles. The smallest absolute Gasteiger partial charge is 0.158 e. The van der Waals surface area contributed by atoms with Crippen LogP contribution in [0.15, 0.2) is 12.2 Å². The standard InChI is InChI=1S/C25H42O6/c1-2-3-4-9-18(29-24-10-5-7-14-27-24)12-13-19-20-16-23(26)30-22(20)17-21(19)31-25-11-6-8-15-28-25/h12-13,18-26H,2-11,14-17H2,1H3/b13-12+/t18-,19+,20+,21+,22-,23+,24?,25?/m0/s1. The minimum absolute atomic E-state index is 0.0625. The van der Waals surface area contributed by atoms with Crippen molar-refractivity contribution in [2.75, 3.05) is 13.2 Å². The molecule has 1 N–H and O–H groups in total. The maximum Gasteiger partial charge on any atom is 0.158 e. The van der Waals surface area contributed by atoms with Crippen LogP contribution in [-0.2, 0) is 23.7 Å². The summed E-state index contributed by atoms with van der Waals surface area (Å²) >= 11 is 0. The van der Waals surface area contributed by atoms with Crippen molar-refractivity contribution in [3.05, 3.63) is 12.2 Å². The lowest BCUT2D eigenvalue weighted by Crippen LogP contribution is -2.31. The fourth-order valence-electron chi connectivity index (χ4n) is 5.54. The molecule has 4 rings (SSSR count). The molecule has 6 nitrogen and oxygen atoms in total. The van der Waals surface area contributed by atoms with E-state index in [0.29, 0.717) is 12.3 Å². The number of fused-ring (bicyclic) bond motifs is 1. The largest absolute Gasteiger partial charge is 0.368 e. The molecular weight excluding hydrogens is 396 g/mol. The van der Waals surface area contributed by atoms with Crippen molar-refractivity contribution in [2.45, 2.75) is 121 Å². The zero-order valence-corrected chi connectivity index (χ0v) is 19.2. The first kappa shape index (κ1) is 23.7. The number of hydrogen-bond acceptors (Lipinski definition) is 6. The second kappa shape index (κ2) is 12.1. The van der Waals surface area contributed by atoms with E-state index in [1.54, 1.807) is 0 Å². The number of unbranched alkanes of at least 4 members (excludes halogenated alkanes) is 2. The Morgan fingerprint density at radius 1 is 1.00 bits per heavy atom. The molecule has 0 bridgehead atoms. The van der Waals surface area contributed by atoms with Gasteiger partial charge < -0.3 is 28.8 Å². The van der Waals surface area contributed by atoms with E-state index in [0.717, 1.165) is 64.6 Å². The molecule has 2 unspecified atom stereocenters. The van der Waals surface area contributed by atoms with Crippen LogP contribution in [-0.4, -0.2) is 55.5 Å². The summed E-state index contributed by atoms with van der Waals surface area (Å²) in [5.74, 6) is 0.513. The third-order valence-corrected chi connectivity index (χ3v) is 7.24. The van der Waals surface area contributed by atoms with E-state index >= 15 is 0 Å². The van der Waals surface area contributed by atoms with Gasteiger partial charge in [-0.05, 0) is 50.9 Å². The summed E-state index contributed by atoms with van der Waals surface area (Å²) in [6.07, 6.45) is 16.5. The van der Waals surface area contributed by atoms with Crippen LogP contribution in [0.25, 0.3) is 0 Å². The van der Waals surface area contributed by atoms with Crippen molar-refractivity contribution in [3.8, 4) is 0 Å². The first-order valence-corrected chi connectivity index (χ1v) is 12.8. The number of aliphatic hydroxyl groups excluding tert-OH is 1. The molecule has 0 aromatic rings. The van der Waals surface area contributed by atoms with E-state index in [4.69, 9.17) is 23.7 Å². The van der Waals surface area contributed by atoms with Crippen molar-refractivity contribution in [3.63, 3.8) is 0 Å². The van der Waals surface area contributed by atoms with Gasteiger partial charge in [0.1, 0.15) is 0 Å². The molecule has 178 valence electrons. The van der Waals surface area contributed by atoms with Crippen LogP contribution in [0.4, 0.5) is 0 Å². The molecule has 0 radical (unpaired) electrons. The second-order valence-corrected chi connectivity index (χ2v) is 9.66. The fraction of sp³-hybridized carbons (Fsp3) is 0.920. The Labute approximate surface area is 187 Å². The van der Waals surface area contributed by atoms with E-state index in [2.05, 4.69) is 19.1 Å². The predicted molar refractivity (Wildman–Crippen MR) is 117 cm³/mol. The van der Waals surface area contributed by atoms with Gasteiger partial charge in [0.2, 0.25) is 0 Å². The number of hydrogen-bond donors (Lipinski definition) is 1. The molecule has 0 aromatic heterocycles. The Hall–Kier alpha value is -0.500. The monoisotopic (exact) mass is 438 g/mol. The summed E-state index contributed by atoms with van der Waals surface area (Å²) in [6, 6.07) is 0. The summed E-state index contributed by atoms with van der Waals surface area (Å²) in [5, 5.41) is 10.0. The van der Waals surface area contributed by atoms with Gasteiger partial charge >= 0.3 is 0 Å². The minimum atomic E-state index is -0.648. The van der Waals surface area contributed by atoms with Crippen molar-refractivity contribution >= 4 is 0 Å². The summed E-state index contributed by atoms with van der Waals surface area (Å²) in [6.45, 7) is 3.82. The van der Waals surface area contributed by atoms with Gasteiger partial charge in [0, 0.05) is 32.0 Å². The van der Waals surface area contributed by atoms with Gasteiger partial charge in [0.15, 0.2) is 18.9 Å². The van der Waals surface area contributed by atoms with Crippen LogP contribution in [0.1, 0.15) is 84.0 Å². The summed E-state index contributed by atoms with van der Waals surface area (Å²) in [7, 11) is 0. The molecule has 4 aliphatic rings. The maximum absolute atomic E-state index is 10.0. The van der Waals surface area contributed by atoms with Gasteiger partial charge in [-0.2, -0.15) is 0 Å². The lowest BCUT2D eigenvalue weighted by atomic mass is 9.91. The highest BCUT2D eigenvalue weighted by atomic mass is 16.7. The number of ether oxygens (including phenoxy) is 5. The maximum atomic E-state index is 10.0. The lowest BCUT2D eigenvalue weighted by Gasteiger charge is -2.30. The molecule has 0 aromatic carbocycles. The van der Waals surface area contributed by atoms with Gasteiger partial charge in [-0.1, -0.05) is 38.3 Å². The predicted octanol–water partition coefficient (Wildman–Crippen LogP) is 4.69. The quantitative estimate of drug-likeness (QED) is 0.394. The molecule has 1 saturated carbocycles. The zero-order chi connectivity index (χ0) is 21.5. The van der Waals surface area contributed by atoms with Crippen LogP contribution < -0.4 is 0 Å². The van der Waals surface area contributed by atoms with Gasteiger partial charge in [-0.3, -0.25) is 0 Å². The van der Waals surface area contributed by atoms with Crippen LogP contribution in [0.2, 0.25) is 0 Å². The molecule has 6 heteroatoms. The van der Waals surface area contributed by atoms with Crippen molar-refractivity contribution in [1.82, 2.24) is 0 Å². The summed E-state index contributed by atoms with van der Waals surface area (Å²) in [4.78, 5) is 0. The van der Waals surface area contributed by atoms with Crippen molar-refractivity contribution in [2.24, 2.45) is 11.8 Å². The molecule has 8 atom stereocenters. The third kappa shape index (κ3) is 6.75. The van der Waals surface area contributed by atoms with E-state index in [9.17, 15) is 5.11 Å². The Morgan fingerprint density at radius 3 is 2.48 bits per heavy atom. The molecule has 4 fully saturated rings. The van der Waals surface area contributed by atoms with Gasteiger partial charge in [0.05, 0.1) is 18.3 Å². The topological polar surface area (TPSA) is 66.4 Å². The summed E-state index contributed by atoms with van der Waals surface area (Å²) in [5.41, 5.74) is 0. The number of rotatable bonds is 10. The van der Waals surface area contributed by atoms with Crippen molar-refractivity contribution < 1.29 is 28.8 Å². The molecular formula is C25H42O6. The van der Waals surface area contributed by atoms with Crippen LogP contribution in [0.3, 0.4) is 0 Å². The molecule has 0 spiro atoms. The molecule has 3 heterocycles. The highest BCUT2D eigenvalue weighted by molar-refractivity contribution is 5.07. The summed E-state index contributed by atoms with van der Waals surface area (Å²) < 4.78 is 30.3.